The number of ether oxygens (including phenoxy) is 2. The van der Waals surface area contributed by atoms with Crippen molar-refractivity contribution < 1.29 is 28.7 Å². The monoisotopic (exact) mass is 647 g/mol. The minimum atomic E-state index is -1.08. The highest BCUT2D eigenvalue weighted by Crippen LogP contribution is 2.47. The molecule has 3 aromatic carbocycles. The number of carbonyl (C=O) groups excluding carboxylic acids is 1. The molecule has 232 valence electrons. The number of carboxylic acid groups (broad SMARTS) is 1. The number of rotatable bonds is 9. The van der Waals surface area contributed by atoms with Crippen molar-refractivity contribution in [2.75, 3.05) is 12.4 Å². The summed E-state index contributed by atoms with van der Waals surface area (Å²) in [7, 11) is 1.45. The number of urea groups is 1. The number of piperidine rings is 1. The van der Waals surface area contributed by atoms with Gasteiger partial charge < -0.3 is 29.3 Å². The van der Waals surface area contributed by atoms with Crippen LogP contribution in [0.25, 0.3) is 22.4 Å². The third kappa shape index (κ3) is 5.65. The van der Waals surface area contributed by atoms with Gasteiger partial charge >= 0.3 is 12.0 Å². The number of methoxy groups -OCH3 is 1. The number of hydrogen-bond donors (Lipinski definition) is 2. The fourth-order valence-corrected chi connectivity index (χ4v) is 7.18. The van der Waals surface area contributed by atoms with Gasteiger partial charge in [0.2, 0.25) is 0 Å². The lowest BCUT2D eigenvalue weighted by Crippen LogP contribution is -2.65. The van der Waals surface area contributed by atoms with Gasteiger partial charge in [0.25, 0.3) is 0 Å². The van der Waals surface area contributed by atoms with Crippen LogP contribution in [0.3, 0.4) is 0 Å². The molecule has 2 N–H and O–H groups in total. The molecule has 45 heavy (non-hydrogen) atoms. The SMILES string of the molecule is COc1cc(C(=O)O)c(-c2ccccc2)cc1NC(=O)N1C2CC(OCc3c(-c4c(Cl)cccc4Cl)noc3C3CC3)CC1C2. The summed E-state index contributed by atoms with van der Waals surface area (Å²) in [6.07, 6.45) is 4.35. The predicted octanol–water partition coefficient (Wildman–Crippen LogP) is 8.25. The summed E-state index contributed by atoms with van der Waals surface area (Å²) in [4.78, 5) is 27.4. The molecule has 4 fully saturated rings. The smallest absolute Gasteiger partial charge is 0.336 e. The summed E-state index contributed by atoms with van der Waals surface area (Å²) in [6, 6.07) is 17.5. The Hall–Kier alpha value is -4.05. The van der Waals surface area contributed by atoms with Crippen LogP contribution in [0, 0.1) is 0 Å². The number of anilines is 1. The Morgan fingerprint density at radius 3 is 2.38 bits per heavy atom. The Kier molecular flexibility index (Phi) is 7.93. The summed E-state index contributed by atoms with van der Waals surface area (Å²) in [6.45, 7) is 0.317. The van der Waals surface area contributed by atoms with Crippen LogP contribution in [0.5, 0.6) is 5.75 Å². The third-order valence-electron chi connectivity index (χ3n) is 8.96. The highest BCUT2D eigenvalue weighted by molar-refractivity contribution is 6.39. The maximum atomic E-state index is 13.5. The van der Waals surface area contributed by atoms with Crippen LogP contribution in [0.1, 0.15) is 59.7 Å². The van der Waals surface area contributed by atoms with Crippen LogP contribution in [0.15, 0.2) is 65.2 Å². The molecule has 0 radical (unpaired) electrons. The second kappa shape index (κ2) is 12.0. The van der Waals surface area contributed by atoms with E-state index in [1.165, 1.54) is 13.2 Å². The third-order valence-corrected chi connectivity index (χ3v) is 9.59. The molecule has 3 heterocycles. The van der Waals surface area contributed by atoms with Gasteiger partial charge in [-0.1, -0.05) is 64.8 Å². The number of aromatic carboxylic acids is 1. The lowest BCUT2D eigenvalue weighted by atomic mass is 9.78. The first-order valence-corrected chi connectivity index (χ1v) is 15.7. The number of nitrogens with zero attached hydrogens (tertiary/aromatic N) is 2. The molecule has 4 aromatic rings. The van der Waals surface area contributed by atoms with Crippen LogP contribution in [0.2, 0.25) is 10.0 Å². The maximum absolute atomic E-state index is 13.5. The van der Waals surface area contributed by atoms with Gasteiger partial charge in [-0.2, -0.15) is 0 Å². The first-order valence-electron chi connectivity index (χ1n) is 15.0. The van der Waals surface area contributed by atoms with Crippen LogP contribution < -0.4 is 10.1 Å². The van der Waals surface area contributed by atoms with Gasteiger partial charge in [0.1, 0.15) is 17.2 Å². The summed E-state index contributed by atoms with van der Waals surface area (Å²) in [5.41, 5.74) is 3.87. The quantitative estimate of drug-likeness (QED) is 0.188. The Balaban J connectivity index is 1.05. The molecule has 2 saturated heterocycles. The van der Waals surface area contributed by atoms with Crippen molar-refractivity contribution in [1.29, 1.82) is 0 Å². The van der Waals surface area contributed by atoms with Crippen molar-refractivity contribution in [2.45, 2.75) is 62.8 Å². The van der Waals surface area contributed by atoms with E-state index in [4.69, 9.17) is 37.2 Å². The van der Waals surface area contributed by atoms with E-state index in [-0.39, 0.29) is 35.5 Å². The normalized spacial score (nSPS) is 20.4. The van der Waals surface area contributed by atoms with E-state index in [0.29, 0.717) is 57.9 Å². The number of carbonyl (C=O) groups is 2. The molecule has 2 aliphatic carbocycles. The van der Waals surface area contributed by atoms with E-state index in [2.05, 4.69) is 10.5 Å². The average Bonchev–Trinajstić information content (AvgIpc) is 3.79. The Morgan fingerprint density at radius 2 is 1.73 bits per heavy atom. The number of nitrogens with one attached hydrogen (secondary N) is 1. The first kappa shape index (κ1) is 29.6. The van der Waals surface area contributed by atoms with Crippen molar-refractivity contribution in [3.05, 3.63) is 87.6 Å². The largest absolute Gasteiger partial charge is 0.495 e. The molecule has 9 nitrogen and oxygen atoms in total. The predicted molar refractivity (Wildman–Crippen MR) is 170 cm³/mol. The van der Waals surface area contributed by atoms with Crippen molar-refractivity contribution in [1.82, 2.24) is 10.1 Å². The summed E-state index contributed by atoms with van der Waals surface area (Å²) < 4.78 is 17.7. The zero-order valence-corrected chi connectivity index (χ0v) is 26.0. The zero-order chi connectivity index (χ0) is 31.2. The van der Waals surface area contributed by atoms with Crippen molar-refractivity contribution >= 4 is 40.9 Å². The first-order chi connectivity index (χ1) is 21.8. The lowest BCUT2D eigenvalue weighted by molar-refractivity contribution is -0.0837. The van der Waals surface area contributed by atoms with Crippen LogP contribution in [-0.2, 0) is 11.3 Å². The van der Waals surface area contributed by atoms with Gasteiger partial charge in [0.15, 0.2) is 0 Å². The van der Waals surface area contributed by atoms with Gasteiger partial charge in [-0.15, -0.1) is 0 Å². The van der Waals surface area contributed by atoms with Gasteiger partial charge in [0.05, 0.1) is 41.1 Å². The molecule has 2 saturated carbocycles. The van der Waals surface area contributed by atoms with E-state index >= 15 is 0 Å². The standard InChI is InChI=1S/C34H31Cl2N3O6/c1-43-29-16-24(33(40)41)23(18-6-3-2-4-7-18)15-28(29)37-34(42)39-20-12-21(39)14-22(13-20)44-17-25-31(38-45-32(25)19-10-11-19)30-26(35)8-5-9-27(30)36/h2-9,15-16,19-22H,10-14,17H2,1H3,(H,37,42)(H,40,41). The van der Waals surface area contributed by atoms with Crippen molar-refractivity contribution in [3.8, 4) is 28.1 Å². The molecular weight excluding hydrogens is 617 g/mol. The molecule has 8 rings (SSSR count). The summed E-state index contributed by atoms with van der Waals surface area (Å²) in [5.74, 6) is 0.363. The fourth-order valence-electron chi connectivity index (χ4n) is 6.60. The van der Waals surface area contributed by atoms with Gasteiger partial charge in [-0.3, -0.25) is 0 Å². The molecule has 11 heteroatoms. The Labute approximate surface area is 270 Å². The van der Waals surface area contributed by atoms with Crippen molar-refractivity contribution in [3.63, 3.8) is 0 Å². The second-order valence-electron chi connectivity index (χ2n) is 11.8. The minimum Gasteiger partial charge on any atom is -0.495 e. The van der Waals surface area contributed by atoms with Gasteiger partial charge in [-0.05, 0) is 67.5 Å². The molecule has 2 amide bonds. The second-order valence-corrected chi connectivity index (χ2v) is 12.6. The molecule has 4 aliphatic rings. The highest BCUT2D eigenvalue weighted by atomic mass is 35.5. The molecule has 2 unspecified atom stereocenters. The zero-order valence-electron chi connectivity index (χ0n) is 24.5. The number of aromatic nitrogens is 1. The molecule has 2 bridgehead atoms. The van der Waals surface area contributed by atoms with Crippen LogP contribution >= 0.6 is 23.2 Å². The number of halogens is 2. The van der Waals surface area contributed by atoms with E-state index in [9.17, 15) is 14.7 Å². The fraction of sp³-hybridized carbons (Fsp3) is 0.324. The van der Waals surface area contributed by atoms with E-state index in [1.807, 2.05) is 35.2 Å². The highest BCUT2D eigenvalue weighted by Gasteiger charge is 2.48. The Morgan fingerprint density at radius 1 is 1.02 bits per heavy atom. The van der Waals surface area contributed by atoms with Crippen LogP contribution in [-0.4, -0.2) is 52.5 Å². The number of carboxylic acids is 1. The molecule has 2 aliphatic heterocycles. The van der Waals surface area contributed by atoms with Gasteiger partial charge in [0, 0.05) is 29.1 Å². The number of fused-ring (bicyclic) bond motifs is 2. The summed E-state index contributed by atoms with van der Waals surface area (Å²) >= 11 is 13.0. The van der Waals surface area contributed by atoms with Gasteiger partial charge in [-0.25, -0.2) is 9.59 Å². The average molecular weight is 649 g/mol. The minimum absolute atomic E-state index is 0.0227. The molecule has 2 atom stereocenters. The molecule has 0 spiro atoms. The molecule has 1 aromatic heterocycles. The van der Waals surface area contributed by atoms with E-state index < -0.39 is 5.97 Å². The lowest BCUT2D eigenvalue weighted by Gasteiger charge is -2.54. The number of hydrogen-bond acceptors (Lipinski definition) is 6. The van der Waals surface area contributed by atoms with E-state index in [1.54, 1.807) is 24.3 Å². The summed E-state index contributed by atoms with van der Waals surface area (Å²) in [5, 5.41) is 18.2. The maximum Gasteiger partial charge on any atom is 0.336 e. The number of benzene rings is 3. The molecular formula is C34H31Cl2N3O6. The number of amides is 2. The topological polar surface area (TPSA) is 114 Å². The van der Waals surface area contributed by atoms with Crippen molar-refractivity contribution in [2.24, 2.45) is 0 Å². The Bertz CT molecular complexity index is 1740. The van der Waals surface area contributed by atoms with Crippen LogP contribution in [0.4, 0.5) is 10.5 Å². The van der Waals surface area contributed by atoms with E-state index in [0.717, 1.165) is 36.1 Å².